The van der Waals surface area contributed by atoms with Crippen molar-refractivity contribution >= 4 is 46.4 Å². The average Bonchev–Trinajstić information content (AvgIpc) is 3.10. The lowest BCUT2D eigenvalue weighted by atomic mass is 10.1. The summed E-state index contributed by atoms with van der Waals surface area (Å²) in [6, 6.07) is 20.1. The van der Waals surface area contributed by atoms with Crippen LogP contribution in [0, 0.1) is 13.8 Å². The summed E-state index contributed by atoms with van der Waals surface area (Å²) in [7, 11) is 1.54. The first-order valence-corrected chi connectivity index (χ1v) is 11.7. The normalized spacial score (nSPS) is 15.1. The summed E-state index contributed by atoms with van der Waals surface area (Å²) in [6.45, 7) is 3.87. The topological polar surface area (TPSA) is 91.0 Å². The highest BCUT2D eigenvalue weighted by Gasteiger charge is 2.45. The molecule has 0 spiro atoms. The quantitative estimate of drug-likeness (QED) is 0.475. The largest absolute Gasteiger partial charge is 0.497 e. The maximum absolute atomic E-state index is 13.5. The van der Waals surface area contributed by atoms with Crippen molar-refractivity contribution in [1.29, 1.82) is 0 Å². The fourth-order valence-electron chi connectivity index (χ4n) is 3.96. The number of anilines is 2. The van der Waals surface area contributed by atoms with Crippen LogP contribution < -0.4 is 20.4 Å². The van der Waals surface area contributed by atoms with E-state index in [1.54, 1.807) is 48.5 Å². The second kappa shape index (κ2) is 10.6. The Kier molecular flexibility index (Phi) is 7.30. The van der Waals surface area contributed by atoms with Crippen LogP contribution in [0.2, 0.25) is 0 Å². The molecule has 1 unspecified atom stereocenters. The number of hydrogen-bond acceptors (Lipinski definition) is 5. The molecule has 2 N–H and O–H groups in total. The zero-order valence-corrected chi connectivity index (χ0v) is 21.0. The average molecular weight is 503 g/mol. The van der Waals surface area contributed by atoms with Crippen LogP contribution in [0.15, 0.2) is 72.8 Å². The first kappa shape index (κ1) is 24.9. The Labute approximate surface area is 214 Å². The van der Waals surface area contributed by atoms with Gasteiger partial charge in [-0.15, -0.1) is 0 Å². The number of hydrogen-bond donors (Lipinski definition) is 2. The van der Waals surface area contributed by atoms with Gasteiger partial charge < -0.3 is 10.1 Å². The minimum Gasteiger partial charge on any atom is -0.497 e. The van der Waals surface area contributed by atoms with E-state index in [9.17, 15) is 14.4 Å². The van der Waals surface area contributed by atoms with Crippen LogP contribution in [-0.4, -0.2) is 41.0 Å². The van der Waals surface area contributed by atoms with Gasteiger partial charge in [-0.1, -0.05) is 35.9 Å². The predicted molar refractivity (Wildman–Crippen MR) is 142 cm³/mol. The molecule has 0 aliphatic carbocycles. The summed E-state index contributed by atoms with van der Waals surface area (Å²) in [5.74, 6) is -0.643. The molecule has 1 atom stereocenters. The maximum atomic E-state index is 13.5. The van der Waals surface area contributed by atoms with Gasteiger partial charge >= 0.3 is 0 Å². The number of amides is 3. The highest BCUT2D eigenvalue weighted by Crippen LogP contribution is 2.27. The summed E-state index contributed by atoms with van der Waals surface area (Å²) >= 11 is 5.59. The number of thiocarbonyl (C=S) groups is 1. The number of carbonyl (C=O) groups excluding carboxylic acids is 3. The molecule has 3 amide bonds. The molecule has 4 rings (SSSR count). The molecule has 1 fully saturated rings. The lowest BCUT2D eigenvalue weighted by Gasteiger charge is -2.24. The lowest BCUT2D eigenvalue weighted by molar-refractivity contribution is -0.124. The molecule has 1 heterocycles. The van der Waals surface area contributed by atoms with Gasteiger partial charge in [0.2, 0.25) is 11.0 Å². The number of ether oxygens (including phenoxy) is 1. The van der Waals surface area contributed by atoms with Gasteiger partial charge in [-0.25, -0.2) is 5.01 Å². The second-order valence-corrected chi connectivity index (χ2v) is 8.78. The number of benzene rings is 3. The van der Waals surface area contributed by atoms with Crippen molar-refractivity contribution in [2.45, 2.75) is 26.3 Å². The van der Waals surface area contributed by atoms with Crippen LogP contribution >= 0.6 is 12.2 Å². The highest BCUT2D eigenvalue weighted by molar-refractivity contribution is 7.80. The van der Waals surface area contributed by atoms with E-state index in [0.717, 1.165) is 11.1 Å². The van der Waals surface area contributed by atoms with Gasteiger partial charge in [0.25, 0.3) is 11.8 Å². The molecule has 3 aromatic rings. The summed E-state index contributed by atoms with van der Waals surface area (Å²) < 4.78 is 5.14. The SMILES string of the molecule is COc1ccc(C(=O)NN2C(=S)N(c3ccccc3)C(=O)C2CC(=O)Nc2ccc(C)cc2C)cc1. The van der Waals surface area contributed by atoms with Crippen molar-refractivity contribution in [2.24, 2.45) is 0 Å². The van der Waals surface area contributed by atoms with Crippen LogP contribution in [0.3, 0.4) is 0 Å². The van der Waals surface area contributed by atoms with E-state index < -0.39 is 17.9 Å². The maximum Gasteiger partial charge on any atom is 0.269 e. The van der Waals surface area contributed by atoms with Gasteiger partial charge in [-0.05, 0) is 74.1 Å². The van der Waals surface area contributed by atoms with Gasteiger partial charge in [0, 0.05) is 11.3 Å². The number of carbonyl (C=O) groups is 3. The number of nitrogens with one attached hydrogen (secondary N) is 2. The number of hydrazine groups is 1. The molecule has 184 valence electrons. The van der Waals surface area contributed by atoms with Gasteiger partial charge in [0.05, 0.1) is 19.2 Å². The van der Waals surface area contributed by atoms with E-state index >= 15 is 0 Å². The third kappa shape index (κ3) is 5.21. The van der Waals surface area contributed by atoms with Gasteiger partial charge in [-0.3, -0.25) is 24.7 Å². The van der Waals surface area contributed by atoms with E-state index in [2.05, 4.69) is 10.7 Å². The van der Waals surface area contributed by atoms with Crippen LogP contribution in [0.1, 0.15) is 27.9 Å². The molecule has 1 aliphatic heterocycles. The summed E-state index contributed by atoms with van der Waals surface area (Å²) in [5.41, 5.74) is 6.27. The third-order valence-corrected chi connectivity index (χ3v) is 6.22. The zero-order chi connectivity index (χ0) is 25.8. The molecular weight excluding hydrogens is 476 g/mol. The smallest absolute Gasteiger partial charge is 0.269 e. The number of nitrogens with zero attached hydrogens (tertiary/aromatic N) is 2. The van der Waals surface area contributed by atoms with Crippen LogP contribution in [0.25, 0.3) is 0 Å². The monoisotopic (exact) mass is 502 g/mol. The highest BCUT2D eigenvalue weighted by atomic mass is 32.1. The van der Waals surface area contributed by atoms with Crippen LogP contribution in [0.5, 0.6) is 5.75 Å². The van der Waals surface area contributed by atoms with E-state index in [-0.39, 0.29) is 17.4 Å². The fraction of sp³-hybridized carbons (Fsp3) is 0.185. The molecule has 3 aromatic carbocycles. The van der Waals surface area contributed by atoms with Crippen LogP contribution in [-0.2, 0) is 9.59 Å². The molecular formula is C27H26N4O4S. The van der Waals surface area contributed by atoms with Crippen LogP contribution in [0.4, 0.5) is 11.4 Å². The van der Waals surface area contributed by atoms with E-state index in [1.165, 1.54) is 17.0 Å². The number of para-hydroxylation sites is 1. The Morgan fingerprint density at radius 1 is 1.00 bits per heavy atom. The number of aryl methyl sites for hydroxylation is 2. The second-order valence-electron chi connectivity index (χ2n) is 8.42. The minimum absolute atomic E-state index is 0.0809. The fourth-order valence-corrected chi connectivity index (χ4v) is 4.33. The molecule has 8 nitrogen and oxygen atoms in total. The van der Waals surface area contributed by atoms with Crippen molar-refractivity contribution in [1.82, 2.24) is 10.4 Å². The number of rotatable bonds is 7. The van der Waals surface area contributed by atoms with Crippen molar-refractivity contribution in [2.75, 3.05) is 17.3 Å². The molecule has 9 heteroatoms. The molecule has 1 aliphatic rings. The third-order valence-electron chi connectivity index (χ3n) is 5.84. The first-order chi connectivity index (χ1) is 17.3. The molecule has 0 bridgehead atoms. The standard InChI is InChI=1S/C27H26N4O4S/c1-17-9-14-22(18(2)15-17)28-24(32)16-23-26(34)30(20-7-5-4-6-8-20)27(36)31(23)29-25(33)19-10-12-21(35-3)13-11-19/h4-15,23H,16H2,1-3H3,(H,28,32)(H,29,33). The van der Waals surface area contributed by atoms with Crippen molar-refractivity contribution in [3.63, 3.8) is 0 Å². The summed E-state index contributed by atoms with van der Waals surface area (Å²) in [5, 5.41) is 4.24. The zero-order valence-electron chi connectivity index (χ0n) is 20.1. The van der Waals surface area contributed by atoms with Crippen molar-refractivity contribution < 1.29 is 19.1 Å². The molecule has 0 aromatic heterocycles. The Morgan fingerprint density at radius 2 is 1.69 bits per heavy atom. The van der Waals surface area contributed by atoms with Crippen molar-refractivity contribution in [3.8, 4) is 5.75 Å². The van der Waals surface area contributed by atoms with Crippen molar-refractivity contribution in [3.05, 3.63) is 89.5 Å². The van der Waals surface area contributed by atoms with E-state index in [4.69, 9.17) is 17.0 Å². The predicted octanol–water partition coefficient (Wildman–Crippen LogP) is 3.99. The van der Waals surface area contributed by atoms with Gasteiger partial charge in [0.15, 0.2) is 0 Å². The molecule has 0 radical (unpaired) electrons. The Morgan fingerprint density at radius 3 is 2.33 bits per heavy atom. The molecule has 36 heavy (non-hydrogen) atoms. The first-order valence-electron chi connectivity index (χ1n) is 11.3. The van der Waals surface area contributed by atoms with E-state index in [1.807, 2.05) is 38.1 Å². The Hall–Kier alpha value is -4.24. The van der Waals surface area contributed by atoms with Gasteiger partial charge in [0.1, 0.15) is 11.8 Å². The minimum atomic E-state index is -1.02. The molecule has 1 saturated heterocycles. The number of methoxy groups -OCH3 is 1. The van der Waals surface area contributed by atoms with Gasteiger partial charge in [-0.2, -0.15) is 0 Å². The Balaban J connectivity index is 1.59. The molecule has 0 saturated carbocycles. The van der Waals surface area contributed by atoms with E-state index in [0.29, 0.717) is 22.7 Å². The Bertz CT molecular complexity index is 1310. The summed E-state index contributed by atoms with van der Waals surface area (Å²) in [4.78, 5) is 40.8. The summed E-state index contributed by atoms with van der Waals surface area (Å²) in [6.07, 6.45) is -0.210. The lowest BCUT2D eigenvalue weighted by Crippen LogP contribution is -2.49.